The van der Waals surface area contributed by atoms with Crippen molar-refractivity contribution in [1.82, 2.24) is 30.2 Å². The van der Waals surface area contributed by atoms with E-state index in [2.05, 4.69) is 41.4 Å². The van der Waals surface area contributed by atoms with Gasteiger partial charge >= 0.3 is 6.03 Å². The highest BCUT2D eigenvalue weighted by molar-refractivity contribution is 5.94. The molecule has 2 saturated heterocycles. The lowest BCUT2D eigenvalue weighted by Gasteiger charge is -2.38. The van der Waals surface area contributed by atoms with Crippen molar-refractivity contribution in [3.05, 3.63) is 29.8 Å². The molecule has 3 amide bonds. The zero-order valence-corrected chi connectivity index (χ0v) is 15.2. The number of aromatic nitrogens is 4. The van der Waals surface area contributed by atoms with Crippen LogP contribution >= 0.6 is 0 Å². The smallest absolute Gasteiger partial charge is 0.322 e. The van der Waals surface area contributed by atoms with Crippen LogP contribution in [0.1, 0.15) is 43.0 Å². The minimum absolute atomic E-state index is 0.0701. The van der Waals surface area contributed by atoms with Gasteiger partial charge in [0.1, 0.15) is 5.69 Å². The Balaban J connectivity index is 1.38. The number of amides is 3. The van der Waals surface area contributed by atoms with Crippen LogP contribution in [0.2, 0.25) is 0 Å². The number of hydrogen-bond donors (Lipinski definition) is 2. The highest BCUT2D eigenvalue weighted by Gasteiger charge is 2.35. The van der Waals surface area contributed by atoms with Crippen LogP contribution in [0.5, 0.6) is 0 Å². The maximum atomic E-state index is 12.6. The highest BCUT2D eigenvalue weighted by Crippen LogP contribution is 2.26. The summed E-state index contributed by atoms with van der Waals surface area (Å²) in [4.78, 5) is 27.7. The largest absolute Gasteiger partial charge is 0.336 e. The lowest BCUT2D eigenvalue weighted by atomic mass is 9.92. The van der Waals surface area contributed by atoms with Crippen LogP contribution in [0.4, 0.5) is 10.5 Å². The van der Waals surface area contributed by atoms with Gasteiger partial charge in [0.05, 0.1) is 17.9 Å². The van der Waals surface area contributed by atoms with E-state index in [4.69, 9.17) is 0 Å². The number of H-pyrrole nitrogens is 1. The molecule has 0 unspecified atom stereocenters. The number of anilines is 1. The summed E-state index contributed by atoms with van der Waals surface area (Å²) >= 11 is 0. The summed E-state index contributed by atoms with van der Waals surface area (Å²) in [5.41, 5.74) is 2.10. The number of likely N-dealkylation sites (tertiary alicyclic amines) is 1. The normalized spacial score (nSPS) is 18.2. The zero-order valence-electron chi connectivity index (χ0n) is 15.2. The third kappa shape index (κ3) is 2.83. The first-order valence-corrected chi connectivity index (χ1v) is 8.77. The summed E-state index contributed by atoms with van der Waals surface area (Å²) in [6.45, 7) is 8.69. The number of nitrogens with zero attached hydrogens (tertiary/aromatic N) is 5. The molecule has 0 aliphatic carbocycles. The molecule has 26 heavy (non-hydrogen) atoms. The summed E-state index contributed by atoms with van der Waals surface area (Å²) in [5, 5.41) is 14.2. The molecule has 9 nitrogen and oxygen atoms in total. The maximum Gasteiger partial charge on any atom is 0.322 e. The van der Waals surface area contributed by atoms with Gasteiger partial charge in [0.25, 0.3) is 5.91 Å². The fourth-order valence-corrected chi connectivity index (χ4v) is 3.15. The molecule has 4 heterocycles. The first kappa shape index (κ1) is 16.6. The number of aromatic amines is 1. The van der Waals surface area contributed by atoms with Gasteiger partial charge in [-0.1, -0.05) is 20.8 Å². The number of carbonyl (C=O) groups excluding carboxylic acids is 2. The SMILES string of the molecule is CC(C)(C)c1cc(C(=O)N2CC(n3cc(N4CCNC4=O)cn3)C2)n[nH]1. The molecule has 2 N–H and O–H groups in total. The Morgan fingerprint density at radius 3 is 2.69 bits per heavy atom. The van der Waals surface area contributed by atoms with Gasteiger partial charge in [-0.05, 0) is 6.07 Å². The van der Waals surface area contributed by atoms with Gasteiger partial charge in [0, 0.05) is 43.5 Å². The van der Waals surface area contributed by atoms with E-state index >= 15 is 0 Å². The molecular weight excluding hydrogens is 334 g/mol. The molecule has 0 bridgehead atoms. The first-order valence-electron chi connectivity index (χ1n) is 8.77. The molecule has 9 heteroatoms. The van der Waals surface area contributed by atoms with Crippen LogP contribution in [0, 0.1) is 0 Å². The van der Waals surface area contributed by atoms with Crippen LogP contribution in [-0.2, 0) is 5.41 Å². The number of carbonyl (C=O) groups is 2. The third-order valence-electron chi connectivity index (χ3n) is 4.88. The quantitative estimate of drug-likeness (QED) is 0.860. The molecule has 0 spiro atoms. The van der Waals surface area contributed by atoms with Gasteiger partial charge in [0.15, 0.2) is 0 Å². The van der Waals surface area contributed by atoms with E-state index in [0.29, 0.717) is 31.9 Å². The van der Waals surface area contributed by atoms with Crippen LogP contribution in [0.3, 0.4) is 0 Å². The Bertz CT molecular complexity index is 841. The van der Waals surface area contributed by atoms with E-state index in [1.165, 1.54) is 0 Å². The van der Waals surface area contributed by atoms with E-state index in [1.807, 2.05) is 16.9 Å². The third-order valence-corrected chi connectivity index (χ3v) is 4.88. The average Bonchev–Trinajstić information content (AvgIpc) is 3.23. The second-order valence-corrected chi connectivity index (χ2v) is 7.84. The summed E-state index contributed by atoms with van der Waals surface area (Å²) in [6.07, 6.45) is 3.56. The van der Waals surface area contributed by atoms with E-state index in [0.717, 1.165) is 11.4 Å². The minimum Gasteiger partial charge on any atom is -0.336 e. The summed E-state index contributed by atoms with van der Waals surface area (Å²) < 4.78 is 1.83. The molecule has 0 saturated carbocycles. The Labute approximate surface area is 151 Å². The fraction of sp³-hybridized carbons (Fsp3) is 0.529. The first-order chi connectivity index (χ1) is 12.3. The molecule has 2 fully saturated rings. The van der Waals surface area contributed by atoms with Crippen molar-refractivity contribution in [3.8, 4) is 0 Å². The van der Waals surface area contributed by atoms with E-state index < -0.39 is 0 Å². The topological polar surface area (TPSA) is 99.2 Å². The second-order valence-electron chi connectivity index (χ2n) is 7.84. The average molecular weight is 357 g/mol. The van der Waals surface area contributed by atoms with Gasteiger partial charge in [-0.3, -0.25) is 19.5 Å². The minimum atomic E-state index is -0.0943. The lowest BCUT2D eigenvalue weighted by molar-refractivity contribution is 0.0495. The molecule has 4 rings (SSSR count). The second kappa shape index (κ2) is 5.86. The van der Waals surface area contributed by atoms with E-state index in [9.17, 15) is 9.59 Å². The molecule has 0 aromatic carbocycles. The highest BCUT2D eigenvalue weighted by atomic mass is 16.2. The predicted molar refractivity (Wildman–Crippen MR) is 95.2 cm³/mol. The maximum absolute atomic E-state index is 12.6. The van der Waals surface area contributed by atoms with Crippen molar-refractivity contribution in [3.63, 3.8) is 0 Å². The van der Waals surface area contributed by atoms with Crippen LogP contribution < -0.4 is 10.2 Å². The molecule has 0 atom stereocenters. The molecule has 2 aromatic rings. The lowest BCUT2D eigenvalue weighted by Crippen LogP contribution is -2.51. The molecule has 2 aliphatic rings. The van der Waals surface area contributed by atoms with Gasteiger partial charge in [0.2, 0.25) is 0 Å². The zero-order chi connectivity index (χ0) is 18.5. The number of nitrogens with one attached hydrogen (secondary N) is 2. The Morgan fingerprint density at radius 2 is 2.08 bits per heavy atom. The van der Waals surface area contributed by atoms with Crippen molar-refractivity contribution in [2.45, 2.75) is 32.2 Å². The molecule has 0 radical (unpaired) electrons. The van der Waals surface area contributed by atoms with Gasteiger partial charge < -0.3 is 10.2 Å². The Hall–Kier alpha value is -2.84. The standard InChI is InChI=1S/C17H23N7O2/c1-17(2,3)14-6-13(20-21-14)15(25)22-8-12(9-22)24-10-11(7-19-24)23-5-4-18-16(23)26/h6-7,10,12H,4-5,8-9H2,1-3H3,(H,18,26)(H,20,21). The summed E-state index contributed by atoms with van der Waals surface area (Å²) in [6, 6.07) is 1.86. The van der Waals surface area contributed by atoms with Crippen LogP contribution in [0.25, 0.3) is 0 Å². The van der Waals surface area contributed by atoms with Crippen molar-refractivity contribution in [2.24, 2.45) is 0 Å². The van der Waals surface area contributed by atoms with Crippen LogP contribution in [-0.4, -0.2) is 63.0 Å². The number of urea groups is 1. The van der Waals surface area contributed by atoms with E-state index in [1.54, 1.807) is 16.0 Å². The van der Waals surface area contributed by atoms with Crippen LogP contribution in [0.15, 0.2) is 18.5 Å². The van der Waals surface area contributed by atoms with E-state index in [-0.39, 0.29) is 23.4 Å². The number of rotatable bonds is 3. The Morgan fingerprint density at radius 1 is 1.31 bits per heavy atom. The predicted octanol–water partition coefficient (Wildman–Crippen LogP) is 1.13. The van der Waals surface area contributed by atoms with Gasteiger partial charge in [-0.15, -0.1) is 0 Å². The van der Waals surface area contributed by atoms with Crippen molar-refractivity contribution in [2.75, 3.05) is 31.1 Å². The molecule has 138 valence electrons. The number of hydrogen-bond acceptors (Lipinski definition) is 4. The molecular formula is C17H23N7O2. The Kier molecular flexibility index (Phi) is 3.74. The fourth-order valence-electron chi connectivity index (χ4n) is 3.15. The molecule has 2 aromatic heterocycles. The summed E-state index contributed by atoms with van der Waals surface area (Å²) in [7, 11) is 0. The molecule has 2 aliphatic heterocycles. The van der Waals surface area contributed by atoms with Gasteiger partial charge in [-0.25, -0.2) is 4.79 Å². The summed E-state index contributed by atoms with van der Waals surface area (Å²) in [5.74, 6) is -0.0701. The van der Waals surface area contributed by atoms with Gasteiger partial charge in [-0.2, -0.15) is 10.2 Å². The van der Waals surface area contributed by atoms with Crippen molar-refractivity contribution >= 4 is 17.6 Å². The van der Waals surface area contributed by atoms with Crippen molar-refractivity contribution in [1.29, 1.82) is 0 Å². The monoisotopic (exact) mass is 357 g/mol. The van der Waals surface area contributed by atoms with Crippen molar-refractivity contribution < 1.29 is 9.59 Å².